The van der Waals surface area contributed by atoms with Crippen LogP contribution in [0.5, 0.6) is 0 Å². The normalized spacial score (nSPS) is 11.4. The van der Waals surface area contributed by atoms with Gasteiger partial charge in [-0.2, -0.15) is 13.2 Å². The first kappa shape index (κ1) is 14.7. The number of hydrogen-bond acceptors (Lipinski definition) is 3. The largest absolute Gasteiger partial charge is 0.416 e. The molecule has 0 radical (unpaired) electrons. The smallest absolute Gasteiger partial charge is 0.288 e. The third-order valence-electron chi connectivity index (χ3n) is 2.42. The molecule has 0 saturated carbocycles. The maximum absolute atomic E-state index is 12.6. The lowest BCUT2D eigenvalue weighted by Gasteiger charge is -2.08. The fourth-order valence-corrected chi connectivity index (χ4v) is 1.83. The van der Waals surface area contributed by atoms with Crippen LogP contribution in [0, 0.1) is 0 Å². The second-order valence-electron chi connectivity index (χ2n) is 3.78. The van der Waals surface area contributed by atoms with Crippen molar-refractivity contribution in [2.75, 3.05) is 0 Å². The Kier molecular flexibility index (Phi) is 3.96. The number of ketones is 1. The molecule has 1 aromatic carbocycles. The molecule has 0 fully saturated rings. The molecule has 0 aliphatic heterocycles. The van der Waals surface area contributed by atoms with Crippen molar-refractivity contribution in [1.29, 1.82) is 0 Å². The summed E-state index contributed by atoms with van der Waals surface area (Å²) in [7, 11) is 0. The van der Waals surface area contributed by atoms with Gasteiger partial charge in [0.25, 0.3) is 0 Å². The molecule has 1 heterocycles. The Balaban J connectivity index is 2.46. The summed E-state index contributed by atoms with van der Waals surface area (Å²) >= 11 is 11.3. The summed E-state index contributed by atoms with van der Waals surface area (Å²) < 4.78 is 37.8. The summed E-state index contributed by atoms with van der Waals surface area (Å²) in [6, 6.07) is 5.16. The van der Waals surface area contributed by atoms with Gasteiger partial charge in [-0.15, -0.1) is 10.2 Å². The molecule has 0 atom stereocenters. The van der Waals surface area contributed by atoms with Crippen molar-refractivity contribution in [1.82, 2.24) is 10.2 Å². The van der Waals surface area contributed by atoms with E-state index in [4.69, 9.17) is 23.2 Å². The van der Waals surface area contributed by atoms with Crippen LogP contribution in [0.4, 0.5) is 13.2 Å². The Labute approximate surface area is 121 Å². The number of benzene rings is 1. The van der Waals surface area contributed by atoms with Crippen molar-refractivity contribution in [3.63, 3.8) is 0 Å². The van der Waals surface area contributed by atoms with E-state index in [0.717, 1.165) is 24.3 Å². The summed E-state index contributed by atoms with van der Waals surface area (Å²) in [4.78, 5) is 12.1. The van der Waals surface area contributed by atoms with Gasteiger partial charge in [-0.25, -0.2) is 0 Å². The van der Waals surface area contributed by atoms with Crippen molar-refractivity contribution < 1.29 is 18.0 Å². The number of aromatic nitrogens is 2. The summed E-state index contributed by atoms with van der Waals surface area (Å²) in [6.45, 7) is 0. The van der Waals surface area contributed by atoms with Crippen LogP contribution in [0.1, 0.15) is 21.5 Å². The highest BCUT2D eigenvalue weighted by atomic mass is 35.5. The summed E-state index contributed by atoms with van der Waals surface area (Å²) in [6.07, 6.45) is -4.53. The van der Waals surface area contributed by atoms with Crippen LogP contribution < -0.4 is 0 Å². The fraction of sp³-hybridized carbons (Fsp3) is 0.0833. The van der Waals surface area contributed by atoms with Crippen LogP contribution >= 0.6 is 23.2 Å². The first-order chi connectivity index (χ1) is 9.29. The van der Waals surface area contributed by atoms with E-state index in [9.17, 15) is 18.0 Å². The van der Waals surface area contributed by atoms with E-state index in [2.05, 4.69) is 10.2 Å². The van der Waals surface area contributed by atoms with E-state index in [1.165, 1.54) is 6.07 Å². The topological polar surface area (TPSA) is 42.9 Å². The summed E-state index contributed by atoms with van der Waals surface area (Å²) in [5.74, 6) is -0.710. The monoisotopic (exact) mass is 320 g/mol. The molecule has 2 rings (SSSR count). The Bertz CT molecular complexity index is 674. The van der Waals surface area contributed by atoms with Crippen LogP contribution in [-0.2, 0) is 6.18 Å². The lowest BCUT2D eigenvalue weighted by Crippen LogP contribution is -2.09. The molecule has 0 unspecified atom stereocenters. The van der Waals surface area contributed by atoms with Gasteiger partial charge in [0.15, 0.2) is 16.1 Å². The molecule has 20 heavy (non-hydrogen) atoms. The highest BCUT2D eigenvalue weighted by Crippen LogP contribution is 2.30. The van der Waals surface area contributed by atoms with Gasteiger partial charge in [-0.05, 0) is 18.2 Å². The predicted octanol–water partition coefficient (Wildman–Crippen LogP) is 4.03. The zero-order chi connectivity index (χ0) is 14.9. The second kappa shape index (κ2) is 5.38. The van der Waals surface area contributed by atoms with Crippen molar-refractivity contribution in [3.05, 3.63) is 57.3 Å². The molecule has 1 aromatic heterocycles. The number of nitrogens with zero attached hydrogens (tertiary/aromatic N) is 2. The molecule has 0 aliphatic rings. The van der Waals surface area contributed by atoms with E-state index in [1.54, 1.807) is 0 Å². The maximum Gasteiger partial charge on any atom is 0.416 e. The molecule has 104 valence electrons. The van der Waals surface area contributed by atoms with Gasteiger partial charge in [0.05, 0.1) is 11.1 Å². The molecule has 0 spiro atoms. The van der Waals surface area contributed by atoms with Crippen LogP contribution in [-0.4, -0.2) is 16.0 Å². The molecule has 0 amide bonds. The highest BCUT2D eigenvalue weighted by molar-refractivity contribution is 6.35. The molecule has 0 aliphatic carbocycles. The van der Waals surface area contributed by atoms with E-state index in [1.807, 2.05) is 0 Å². The molecule has 0 bridgehead atoms. The third-order valence-corrected chi connectivity index (χ3v) is 2.88. The Morgan fingerprint density at radius 1 is 1.10 bits per heavy atom. The number of carbonyl (C=O) groups is 1. The van der Waals surface area contributed by atoms with E-state index >= 15 is 0 Å². The molecule has 8 heteroatoms. The van der Waals surface area contributed by atoms with Crippen LogP contribution in [0.2, 0.25) is 10.3 Å². The summed E-state index contributed by atoms with van der Waals surface area (Å²) in [5.41, 5.74) is -1.19. The number of hydrogen-bond donors (Lipinski definition) is 0. The van der Waals surface area contributed by atoms with Crippen molar-refractivity contribution in [2.24, 2.45) is 0 Å². The Morgan fingerprint density at radius 2 is 1.80 bits per heavy atom. The second-order valence-corrected chi connectivity index (χ2v) is 4.52. The first-order valence-electron chi connectivity index (χ1n) is 5.19. The van der Waals surface area contributed by atoms with E-state index in [0.29, 0.717) is 0 Å². The fourth-order valence-electron chi connectivity index (χ4n) is 1.50. The number of halogens is 5. The van der Waals surface area contributed by atoms with E-state index < -0.39 is 17.5 Å². The maximum atomic E-state index is 12.6. The third kappa shape index (κ3) is 3.08. The minimum Gasteiger partial charge on any atom is -0.288 e. The Morgan fingerprint density at radius 3 is 2.45 bits per heavy atom. The molecule has 0 N–H and O–H groups in total. The number of carbonyl (C=O) groups excluding carboxylic acids is 1. The van der Waals surface area contributed by atoms with Gasteiger partial charge in [0, 0.05) is 5.56 Å². The SMILES string of the molecule is O=C(c1cccc(C(F)(F)F)c1)c1cc(Cl)nnc1Cl. The van der Waals surface area contributed by atoms with Gasteiger partial charge in [0.2, 0.25) is 0 Å². The van der Waals surface area contributed by atoms with Gasteiger partial charge < -0.3 is 0 Å². The first-order valence-corrected chi connectivity index (χ1v) is 5.95. The molecule has 3 nitrogen and oxygen atoms in total. The van der Waals surface area contributed by atoms with Gasteiger partial charge in [-0.1, -0.05) is 35.3 Å². The molecule has 0 saturated heterocycles. The van der Waals surface area contributed by atoms with E-state index in [-0.39, 0.29) is 21.4 Å². The lowest BCUT2D eigenvalue weighted by atomic mass is 10.0. The number of alkyl halides is 3. The minimum atomic E-state index is -4.53. The average Bonchev–Trinajstić information content (AvgIpc) is 2.40. The van der Waals surface area contributed by atoms with Gasteiger partial charge in [0.1, 0.15) is 0 Å². The highest BCUT2D eigenvalue weighted by Gasteiger charge is 2.31. The molecular formula is C12H5Cl2F3N2O. The minimum absolute atomic E-state index is 0.0790. The summed E-state index contributed by atoms with van der Waals surface area (Å²) in [5, 5.41) is 6.56. The van der Waals surface area contributed by atoms with Crippen LogP contribution in [0.3, 0.4) is 0 Å². The quantitative estimate of drug-likeness (QED) is 0.784. The predicted molar refractivity (Wildman–Crippen MR) is 66.9 cm³/mol. The Hall–Kier alpha value is -1.66. The van der Waals surface area contributed by atoms with Gasteiger partial charge in [-0.3, -0.25) is 4.79 Å². The molecular weight excluding hydrogens is 316 g/mol. The zero-order valence-electron chi connectivity index (χ0n) is 9.58. The van der Waals surface area contributed by atoms with Gasteiger partial charge >= 0.3 is 6.18 Å². The molecule has 2 aromatic rings. The number of rotatable bonds is 2. The van der Waals surface area contributed by atoms with Crippen LogP contribution in [0.15, 0.2) is 30.3 Å². The van der Waals surface area contributed by atoms with Crippen LogP contribution in [0.25, 0.3) is 0 Å². The lowest BCUT2D eigenvalue weighted by molar-refractivity contribution is -0.137. The standard InChI is InChI=1S/C12H5Cl2F3N2O/c13-9-5-8(11(14)19-18-9)10(20)6-2-1-3-7(4-6)12(15,16)17/h1-5H. The van der Waals surface area contributed by atoms with Crippen molar-refractivity contribution in [2.45, 2.75) is 6.18 Å². The van der Waals surface area contributed by atoms with Crippen molar-refractivity contribution in [3.8, 4) is 0 Å². The average molecular weight is 321 g/mol. The zero-order valence-corrected chi connectivity index (χ0v) is 11.1. The van der Waals surface area contributed by atoms with Crippen molar-refractivity contribution >= 4 is 29.0 Å².